The Morgan fingerprint density at radius 1 is 1.05 bits per heavy atom. The first-order valence-electron chi connectivity index (χ1n) is 5.71. The Morgan fingerprint density at radius 2 is 1.74 bits per heavy atom. The first-order chi connectivity index (χ1) is 9.15. The van der Waals surface area contributed by atoms with Crippen molar-refractivity contribution < 1.29 is 4.92 Å². The van der Waals surface area contributed by atoms with E-state index < -0.39 is 4.92 Å². The summed E-state index contributed by atoms with van der Waals surface area (Å²) in [5.41, 5.74) is 2.75. The first kappa shape index (κ1) is 11.3. The van der Waals surface area contributed by atoms with Crippen molar-refractivity contribution in [2.24, 2.45) is 0 Å². The molecular formula is C13H10N4O2. The van der Waals surface area contributed by atoms with E-state index in [4.69, 9.17) is 0 Å². The van der Waals surface area contributed by atoms with Gasteiger partial charge in [0.15, 0.2) is 5.65 Å². The van der Waals surface area contributed by atoms with Crippen LogP contribution in [-0.4, -0.2) is 19.5 Å². The maximum absolute atomic E-state index is 10.6. The number of nitrogens with zero attached hydrogens (tertiary/aromatic N) is 4. The second kappa shape index (κ2) is 4.16. The van der Waals surface area contributed by atoms with Gasteiger partial charge >= 0.3 is 0 Å². The van der Waals surface area contributed by atoms with Gasteiger partial charge in [0, 0.05) is 18.3 Å². The SMILES string of the molecule is Cc1nnc2ccc(-c3ccc([N+](=O)[O-])cc3)cn12. The van der Waals surface area contributed by atoms with Gasteiger partial charge in [0.05, 0.1) is 4.92 Å². The molecule has 0 bridgehead atoms. The van der Waals surface area contributed by atoms with Crippen molar-refractivity contribution in [2.45, 2.75) is 6.92 Å². The highest BCUT2D eigenvalue weighted by atomic mass is 16.6. The Kier molecular flexibility index (Phi) is 2.49. The summed E-state index contributed by atoms with van der Waals surface area (Å²) >= 11 is 0. The van der Waals surface area contributed by atoms with Crippen LogP contribution in [0.5, 0.6) is 0 Å². The molecule has 0 saturated heterocycles. The summed E-state index contributed by atoms with van der Waals surface area (Å²) in [5.74, 6) is 0.804. The predicted octanol–water partition coefficient (Wildman–Crippen LogP) is 2.61. The van der Waals surface area contributed by atoms with Crippen molar-refractivity contribution in [3.63, 3.8) is 0 Å². The summed E-state index contributed by atoms with van der Waals surface area (Å²) in [4.78, 5) is 10.2. The van der Waals surface area contributed by atoms with E-state index in [0.29, 0.717) is 0 Å². The monoisotopic (exact) mass is 254 g/mol. The zero-order valence-corrected chi connectivity index (χ0v) is 10.1. The molecule has 2 heterocycles. The van der Waals surface area contributed by atoms with E-state index >= 15 is 0 Å². The van der Waals surface area contributed by atoms with Crippen LogP contribution in [0.25, 0.3) is 16.8 Å². The zero-order valence-electron chi connectivity index (χ0n) is 10.1. The van der Waals surface area contributed by atoms with E-state index in [2.05, 4.69) is 10.2 Å². The van der Waals surface area contributed by atoms with Crippen LogP contribution in [-0.2, 0) is 0 Å². The summed E-state index contributed by atoms with van der Waals surface area (Å²) in [6, 6.07) is 10.3. The molecule has 3 rings (SSSR count). The fourth-order valence-electron chi connectivity index (χ4n) is 1.95. The molecular weight excluding hydrogens is 244 g/mol. The van der Waals surface area contributed by atoms with Crippen molar-refractivity contribution in [1.82, 2.24) is 14.6 Å². The van der Waals surface area contributed by atoms with E-state index in [1.807, 2.05) is 29.7 Å². The Bertz CT molecular complexity index is 762. The third-order valence-corrected chi connectivity index (χ3v) is 2.98. The summed E-state index contributed by atoms with van der Waals surface area (Å²) in [7, 11) is 0. The van der Waals surface area contributed by atoms with Gasteiger partial charge in [-0.15, -0.1) is 10.2 Å². The van der Waals surface area contributed by atoms with Crippen molar-refractivity contribution >= 4 is 11.3 Å². The number of benzene rings is 1. The standard InChI is InChI=1S/C13H10N4O2/c1-9-14-15-13-7-4-11(8-16(9)13)10-2-5-12(6-3-10)17(18)19/h2-8H,1H3. The van der Waals surface area contributed by atoms with Crippen LogP contribution >= 0.6 is 0 Å². The third kappa shape index (κ3) is 1.93. The average Bonchev–Trinajstić information content (AvgIpc) is 2.80. The average molecular weight is 254 g/mol. The molecule has 0 unspecified atom stereocenters. The molecule has 0 spiro atoms. The van der Waals surface area contributed by atoms with Crippen molar-refractivity contribution in [2.75, 3.05) is 0 Å². The Morgan fingerprint density at radius 3 is 2.42 bits per heavy atom. The van der Waals surface area contributed by atoms with E-state index in [9.17, 15) is 10.1 Å². The Balaban J connectivity index is 2.08. The van der Waals surface area contributed by atoms with Gasteiger partial charge in [0.25, 0.3) is 5.69 Å². The summed E-state index contributed by atoms with van der Waals surface area (Å²) in [5, 5.41) is 18.6. The Labute approximate surface area is 108 Å². The maximum Gasteiger partial charge on any atom is 0.269 e. The minimum atomic E-state index is -0.406. The van der Waals surface area contributed by atoms with E-state index in [0.717, 1.165) is 22.6 Å². The van der Waals surface area contributed by atoms with Gasteiger partial charge in [-0.2, -0.15) is 0 Å². The summed E-state index contributed by atoms with van der Waals surface area (Å²) in [6.07, 6.45) is 1.92. The van der Waals surface area contributed by atoms with E-state index in [1.165, 1.54) is 12.1 Å². The minimum Gasteiger partial charge on any atom is -0.286 e. The highest BCUT2D eigenvalue weighted by Crippen LogP contribution is 2.22. The number of nitro benzene ring substituents is 1. The number of nitro groups is 1. The lowest BCUT2D eigenvalue weighted by Gasteiger charge is -2.03. The van der Waals surface area contributed by atoms with E-state index in [1.54, 1.807) is 12.1 Å². The second-order valence-electron chi connectivity index (χ2n) is 4.20. The number of non-ortho nitro benzene ring substituents is 1. The molecule has 0 N–H and O–H groups in total. The minimum absolute atomic E-state index is 0.0882. The molecule has 0 aliphatic carbocycles. The van der Waals surface area contributed by atoms with Gasteiger partial charge in [-0.05, 0) is 42.3 Å². The van der Waals surface area contributed by atoms with Crippen LogP contribution in [0.4, 0.5) is 5.69 Å². The summed E-state index contributed by atoms with van der Waals surface area (Å²) < 4.78 is 1.89. The molecule has 3 aromatic rings. The molecule has 94 valence electrons. The second-order valence-corrected chi connectivity index (χ2v) is 4.20. The van der Waals surface area contributed by atoms with Crippen molar-refractivity contribution in [3.8, 4) is 11.1 Å². The molecule has 0 fully saturated rings. The zero-order chi connectivity index (χ0) is 13.4. The van der Waals surface area contributed by atoms with Gasteiger partial charge in [-0.1, -0.05) is 0 Å². The molecule has 0 saturated carbocycles. The number of aromatic nitrogens is 3. The third-order valence-electron chi connectivity index (χ3n) is 2.98. The number of hydrogen-bond acceptors (Lipinski definition) is 4. The predicted molar refractivity (Wildman–Crippen MR) is 69.8 cm³/mol. The van der Waals surface area contributed by atoms with Gasteiger partial charge in [-0.25, -0.2) is 0 Å². The van der Waals surface area contributed by atoms with Crippen LogP contribution in [0.15, 0.2) is 42.6 Å². The number of rotatable bonds is 2. The number of hydrogen-bond donors (Lipinski definition) is 0. The molecule has 6 nitrogen and oxygen atoms in total. The molecule has 19 heavy (non-hydrogen) atoms. The molecule has 0 atom stereocenters. The van der Waals surface area contributed by atoms with Gasteiger partial charge < -0.3 is 0 Å². The highest BCUT2D eigenvalue weighted by Gasteiger charge is 2.07. The molecule has 0 radical (unpaired) electrons. The van der Waals surface area contributed by atoms with Gasteiger partial charge in [0.1, 0.15) is 5.82 Å². The lowest BCUT2D eigenvalue weighted by Crippen LogP contribution is -1.90. The topological polar surface area (TPSA) is 73.3 Å². The maximum atomic E-state index is 10.6. The molecule has 2 aromatic heterocycles. The van der Waals surface area contributed by atoms with Gasteiger partial charge in [0.2, 0.25) is 0 Å². The summed E-state index contributed by atoms with van der Waals surface area (Å²) in [6.45, 7) is 1.87. The molecule has 6 heteroatoms. The fraction of sp³-hybridized carbons (Fsp3) is 0.0769. The van der Waals surface area contributed by atoms with Crippen LogP contribution in [0.2, 0.25) is 0 Å². The highest BCUT2D eigenvalue weighted by molar-refractivity contribution is 5.65. The normalized spacial score (nSPS) is 10.8. The van der Waals surface area contributed by atoms with E-state index in [-0.39, 0.29) is 5.69 Å². The molecule has 0 amide bonds. The number of fused-ring (bicyclic) bond motifs is 1. The van der Waals surface area contributed by atoms with Crippen molar-refractivity contribution in [1.29, 1.82) is 0 Å². The number of pyridine rings is 1. The first-order valence-corrected chi connectivity index (χ1v) is 5.71. The number of aryl methyl sites for hydroxylation is 1. The van der Waals surface area contributed by atoms with Crippen LogP contribution in [0.3, 0.4) is 0 Å². The Hall–Kier alpha value is -2.76. The molecule has 0 aliphatic rings. The smallest absolute Gasteiger partial charge is 0.269 e. The van der Waals surface area contributed by atoms with Gasteiger partial charge in [-0.3, -0.25) is 14.5 Å². The molecule has 1 aromatic carbocycles. The van der Waals surface area contributed by atoms with Crippen molar-refractivity contribution in [3.05, 3.63) is 58.5 Å². The quantitative estimate of drug-likeness (QED) is 0.520. The lowest BCUT2D eigenvalue weighted by atomic mass is 10.1. The van der Waals surface area contributed by atoms with Crippen LogP contribution in [0, 0.1) is 17.0 Å². The van der Waals surface area contributed by atoms with Crippen LogP contribution < -0.4 is 0 Å². The molecule has 0 aliphatic heterocycles. The van der Waals surface area contributed by atoms with Crippen LogP contribution in [0.1, 0.15) is 5.82 Å². The lowest BCUT2D eigenvalue weighted by molar-refractivity contribution is -0.384. The largest absolute Gasteiger partial charge is 0.286 e. The fourth-order valence-corrected chi connectivity index (χ4v) is 1.95.